The second-order valence-electron chi connectivity index (χ2n) is 6.38. The summed E-state index contributed by atoms with van der Waals surface area (Å²) in [6.07, 6.45) is 0.811. The van der Waals surface area contributed by atoms with Crippen LogP contribution in [0.5, 0.6) is 0 Å². The molecule has 1 aromatic carbocycles. The Kier molecular flexibility index (Phi) is 5.94. The fourth-order valence-electron chi connectivity index (χ4n) is 2.28. The summed E-state index contributed by atoms with van der Waals surface area (Å²) in [5, 5.41) is 11.7. The molecule has 0 radical (unpaired) electrons. The average molecular weight is 291 g/mol. The molecule has 1 rings (SSSR count). The Morgan fingerprint density at radius 1 is 1.24 bits per heavy atom. The molecule has 0 aromatic heterocycles. The molecule has 0 aliphatic carbocycles. The van der Waals surface area contributed by atoms with Crippen molar-refractivity contribution in [3.8, 4) is 0 Å². The minimum absolute atomic E-state index is 0.0340. The van der Waals surface area contributed by atoms with Crippen LogP contribution in [-0.4, -0.2) is 23.5 Å². The number of rotatable bonds is 6. The van der Waals surface area contributed by atoms with Crippen LogP contribution in [0.2, 0.25) is 0 Å². The lowest BCUT2D eigenvalue weighted by Gasteiger charge is -2.23. The Hall–Kier alpha value is -1.84. The highest BCUT2D eigenvalue weighted by atomic mass is 16.4. The summed E-state index contributed by atoms with van der Waals surface area (Å²) < 4.78 is 0. The van der Waals surface area contributed by atoms with Crippen molar-refractivity contribution in [1.29, 1.82) is 0 Å². The van der Waals surface area contributed by atoms with Crippen molar-refractivity contribution in [2.75, 3.05) is 6.54 Å². The first-order valence-electron chi connectivity index (χ1n) is 7.35. The highest BCUT2D eigenvalue weighted by Crippen LogP contribution is 2.25. The predicted molar refractivity (Wildman–Crippen MR) is 83.5 cm³/mol. The van der Waals surface area contributed by atoms with Crippen LogP contribution >= 0.6 is 0 Å². The van der Waals surface area contributed by atoms with Gasteiger partial charge in [-0.3, -0.25) is 9.59 Å². The number of carbonyl (C=O) groups excluding carboxylic acids is 1. The van der Waals surface area contributed by atoms with E-state index in [4.69, 9.17) is 5.11 Å². The molecular weight excluding hydrogens is 266 g/mol. The van der Waals surface area contributed by atoms with Crippen molar-refractivity contribution in [1.82, 2.24) is 5.32 Å². The lowest BCUT2D eigenvalue weighted by atomic mass is 9.83. The van der Waals surface area contributed by atoms with Gasteiger partial charge in [-0.05, 0) is 23.0 Å². The third-order valence-electron chi connectivity index (χ3n) is 3.57. The van der Waals surface area contributed by atoms with Gasteiger partial charge in [0.05, 0.1) is 0 Å². The number of carbonyl (C=O) groups is 2. The molecule has 0 saturated carbocycles. The van der Waals surface area contributed by atoms with E-state index in [1.54, 1.807) is 0 Å². The SMILES string of the molecule is CCC(CNC(=O)c1ccccc1C(C)(C)C)CC(=O)O. The van der Waals surface area contributed by atoms with E-state index in [1.165, 1.54) is 0 Å². The van der Waals surface area contributed by atoms with Gasteiger partial charge < -0.3 is 10.4 Å². The van der Waals surface area contributed by atoms with Crippen molar-refractivity contribution in [3.63, 3.8) is 0 Å². The average Bonchev–Trinajstić information content (AvgIpc) is 2.41. The largest absolute Gasteiger partial charge is 0.481 e. The zero-order chi connectivity index (χ0) is 16.0. The van der Waals surface area contributed by atoms with E-state index in [0.29, 0.717) is 12.1 Å². The fraction of sp³-hybridized carbons (Fsp3) is 0.529. The fourth-order valence-corrected chi connectivity index (χ4v) is 2.28. The zero-order valence-electron chi connectivity index (χ0n) is 13.3. The van der Waals surface area contributed by atoms with Gasteiger partial charge in [0.1, 0.15) is 0 Å². The molecule has 0 saturated heterocycles. The van der Waals surface area contributed by atoms with Gasteiger partial charge in [-0.1, -0.05) is 52.3 Å². The molecule has 1 unspecified atom stereocenters. The van der Waals surface area contributed by atoms with Gasteiger partial charge in [0.15, 0.2) is 0 Å². The molecular formula is C17H25NO3. The maximum Gasteiger partial charge on any atom is 0.303 e. The van der Waals surface area contributed by atoms with Gasteiger partial charge in [-0.2, -0.15) is 0 Å². The van der Waals surface area contributed by atoms with E-state index in [-0.39, 0.29) is 23.7 Å². The summed E-state index contributed by atoms with van der Waals surface area (Å²) in [5.41, 5.74) is 1.54. The van der Waals surface area contributed by atoms with Gasteiger partial charge in [-0.25, -0.2) is 0 Å². The number of hydrogen-bond donors (Lipinski definition) is 2. The molecule has 1 aromatic rings. The van der Waals surface area contributed by atoms with E-state index in [2.05, 4.69) is 26.1 Å². The first kappa shape index (κ1) is 17.2. The number of carboxylic acids is 1. The van der Waals surface area contributed by atoms with Crippen molar-refractivity contribution in [3.05, 3.63) is 35.4 Å². The molecule has 0 aliphatic rings. The number of aliphatic carboxylic acids is 1. The minimum Gasteiger partial charge on any atom is -0.481 e. The van der Waals surface area contributed by atoms with Crippen molar-refractivity contribution < 1.29 is 14.7 Å². The van der Waals surface area contributed by atoms with Crippen LogP contribution in [0.25, 0.3) is 0 Å². The van der Waals surface area contributed by atoms with Crippen LogP contribution in [0.1, 0.15) is 56.5 Å². The Morgan fingerprint density at radius 3 is 2.38 bits per heavy atom. The zero-order valence-corrected chi connectivity index (χ0v) is 13.3. The summed E-state index contributed by atoms with van der Waals surface area (Å²) in [4.78, 5) is 23.1. The highest BCUT2D eigenvalue weighted by Gasteiger charge is 2.21. The second kappa shape index (κ2) is 7.25. The number of carboxylic acid groups (broad SMARTS) is 1. The van der Waals surface area contributed by atoms with E-state index in [0.717, 1.165) is 12.0 Å². The van der Waals surface area contributed by atoms with Crippen LogP contribution in [0, 0.1) is 5.92 Å². The molecule has 116 valence electrons. The molecule has 4 nitrogen and oxygen atoms in total. The van der Waals surface area contributed by atoms with E-state index in [9.17, 15) is 9.59 Å². The molecule has 1 amide bonds. The van der Waals surface area contributed by atoms with Crippen LogP contribution < -0.4 is 5.32 Å². The molecule has 1 atom stereocenters. The van der Waals surface area contributed by atoms with Crippen LogP contribution in [0.3, 0.4) is 0 Å². The first-order valence-corrected chi connectivity index (χ1v) is 7.35. The molecule has 0 bridgehead atoms. The molecule has 0 heterocycles. The number of amides is 1. The summed E-state index contributed by atoms with van der Waals surface area (Å²) >= 11 is 0. The maximum absolute atomic E-state index is 12.4. The minimum atomic E-state index is -0.828. The molecule has 0 spiro atoms. The summed E-state index contributed by atoms with van der Waals surface area (Å²) in [6, 6.07) is 7.55. The number of benzene rings is 1. The topological polar surface area (TPSA) is 66.4 Å². The van der Waals surface area contributed by atoms with Gasteiger partial charge >= 0.3 is 5.97 Å². The summed E-state index contributed by atoms with van der Waals surface area (Å²) in [7, 11) is 0. The van der Waals surface area contributed by atoms with Crippen LogP contribution in [0.15, 0.2) is 24.3 Å². The number of nitrogens with one attached hydrogen (secondary N) is 1. The normalized spacial score (nSPS) is 12.8. The van der Waals surface area contributed by atoms with E-state index < -0.39 is 5.97 Å². The van der Waals surface area contributed by atoms with E-state index >= 15 is 0 Å². The van der Waals surface area contributed by atoms with Crippen molar-refractivity contribution in [2.24, 2.45) is 5.92 Å². The standard InChI is InChI=1S/C17H25NO3/c1-5-12(10-15(19)20)11-18-16(21)13-8-6-7-9-14(13)17(2,3)4/h6-9,12H,5,10-11H2,1-4H3,(H,18,21)(H,19,20). The van der Waals surface area contributed by atoms with Gasteiger partial charge in [-0.15, -0.1) is 0 Å². The highest BCUT2D eigenvalue weighted by molar-refractivity contribution is 5.96. The van der Waals surface area contributed by atoms with Gasteiger partial charge in [0.2, 0.25) is 0 Å². The quantitative estimate of drug-likeness (QED) is 0.845. The predicted octanol–water partition coefficient (Wildman–Crippen LogP) is 3.21. The summed E-state index contributed by atoms with van der Waals surface area (Å²) in [5.74, 6) is -0.996. The lowest BCUT2D eigenvalue weighted by molar-refractivity contribution is -0.138. The second-order valence-corrected chi connectivity index (χ2v) is 6.38. The lowest BCUT2D eigenvalue weighted by Crippen LogP contribution is -2.32. The Bertz CT molecular complexity index is 503. The monoisotopic (exact) mass is 291 g/mol. The number of hydrogen-bond acceptors (Lipinski definition) is 2. The third kappa shape index (κ3) is 5.21. The Morgan fingerprint density at radius 2 is 1.86 bits per heavy atom. The maximum atomic E-state index is 12.4. The van der Waals surface area contributed by atoms with E-state index in [1.807, 2.05) is 31.2 Å². The first-order chi connectivity index (χ1) is 9.75. The molecule has 0 aliphatic heterocycles. The van der Waals surface area contributed by atoms with Crippen LogP contribution in [0.4, 0.5) is 0 Å². The van der Waals surface area contributed by atoms with Gasteiger partial charge in [0.25, 0.3) is 5.91 Å². The van der Waals surface area contributed by atoms with Crippen LogP contribution in [-0.2, 0) is 10.2 Å². The molecule has 2 N–H and O–H groups in total. The molecule has 4 heteroatoms. The third-order valence-corrected chi connectivity index (χ3v) is 3.57. The molecule has 0 fully saturated rings. The van der Waals surface area contributed by atoms with Crippen molar-refractivity contribution in [2.45, 2.75) is 46.0 Å². The molecule has 21 heavy (non-hydrogen) atoms. The summed E-state index contributed by atoms with van der Waals surface area (Å²) in [6.45, 7) is 8.53. The van der Waals surface area contributed by atoms with Gasteiger partial charge in [0, 0.05) is 18.5 Å². The van der Waals surface area contributed by atoms with Crippen molar-refractivity contribution >= 4 is 11.9 Å². The smallest absolute Gasteiger partial charge is 0.303 e. The Balaban J connectivity index is 2.79. The Labute approximate surface area is 126 Å².